The molecule has 1 aromatic heterocycles. The fourth-order valence-corrected chi connectivity index (χ4v) is 4.32. The molecule has 0 saturated carbocycles. The van der Waals surface area contributed by atoms with Crippen LogP contribution in [0.5, 0.6) is 0 Å². The van der Waals surface area contributed by atoms with Crippen molar-refractivity contribution in [2.75, 3.05) is 36.8 Å². The second kappa shape index (κ2) is 18.8. The second-order valence-corrected chi connectivity index (χ2v) is 13.5. The van der Waals surface area contributed by atoms with E-state index < -0.39 is 45.0 Å². The van der Waals surface area contributed by atoms with Crippen LogP contribution >= 0.6 is 0 Å². The lowest BCUT2D eigenvalue weighted by atomic mass is 10.2. The molecule has 1 heterocycles. The Balaban J connectivity index is 1.92. The Kier molecular flexibility index (Phi) is 14.5. The molecule has 0 fully saturated rings. The van der Waals surface area contributed by atoms with Crippen LogP contribution in [0, 0.1) is 20.2 Å². The third kappa shape index (κ3) is 14.2. The van der Waals surface area contributed by atoms with E-state index in [4.69, 9.17) is 9.47 Å². The van der Waals surface area contributed by atoms with Crippen molar-refractivity contribution in [3.63, 3.8) is 0 Å². The summed E-state index contributed by atoms with van der Waals surface area (Å²) in [6.07, 6.45) is -1.37. The maximum absolute atomic E-state index is 13.5. The van der Waals surface area contributed by atoms with Crippen LogP contribution in [0.15, 0.2) is 48.5 Å². The molecule has 0 aliphatic carbocycles. The summed E-state index contributed by atoms with van der Waals surface area (Å²) in [7, 11) is 0. The van der Waals surface area contributed by atoms with Crippen LogP contribution in [0.4, 0.5) is 32.6 Å². The molecule has 2 aromatic carbocycles. The Bertz CT molecular complexity index is 1690. The minimum atomic E-state index is -0.730. The molecule has 54 heavy (non-hydrogen) atoms. The van der Waals surface area contributed by atoms with Gasteiger partial charge in [0.2, 0.25) is 0 Å². The van der Waals surface area contributed by atoms with Gasteiger partial charge in [-0.15, -0.1) is 0 Å². The lowest BCUT2D eigenvalue weighted by Gasteiger charge is -2.20. The summed E-state index contributed by atoms with van der Waals surface area (Å²) in [4.78, 5) is 81.2. The van der Waals surface area contributed by atoms with Crippen molar-refractivity contribution < 1.29 is 38.5 Å². The quantitative estimate of drug-likeness (QED) is 0.0685. The number of rotatable bonds is 16. The minimum Gasteiger partial charge on any atom is -0.444 e. The highest BCUT2D eigenvalue weighted by molar-refractivity contribution is 6.01. The molecule has 20 nitrogen and oxygen atoms in total. The number of carbonyl (C=O) groups is 4. The standard InChI is InChI=1S/C34H44N10O10/c1-33(2,3)53-31(47)37-17-15-35-29(45)25-27(39-19-21-7-11-23(12-8-21)43(49)50)42-26(30(46)36-16-18-38-32(48)54-34(4,5)6)28(41-25)40-20-22-9-13-24(14-10-22)44(51)52/h7-14H,15-20H2,1-6H3,(H,35,45)(H,36,46)(H,37,47)(H,38,48)(H,40,41)(H,39,42). The molecular formula is C34H44N10O10. The number of nitrogens with zero attached hydrogens (tertiary/aromatic N) is 4. The van der Waals surface area contributed by atoms with Gasteiger partial charge in [0.15, 0.2) is 23.0 Å². The van der Waals surface area contributed by atoms with E-state index in [-0.39, 0.29) is 73.7 Å². The smallest absolute Gasteiger partial charge is 0.407 e. The average molecular weight is 753 g/mol. The molecule has 0 unspecified atom stereocenters. The maximum atomic E-state index is 13.5. The number of hydrogen-bond acceptors (Lipinski definition) is 14. The molecule has 3 aromatic rings. The molecular weight excluding hydrogens is 708 g/mol. The van der Waals surface area contributed by atoms with Crippen molar-refractivity contribution in [2.24, 2.45) is 0 Å². The normalized spacial score (nSPS) is 11.1. The fraction of sp³-hybridized carbons (Fsp3) is 0.412. The first kappa shape index (κ1) is 41.8. The largest absolute Gasteiger partial charge is 0.444 e. The predicted octanol–water partition coefficient (Wildman–Crippen LogP) is 4.03. The van der Waals surface area contributed by atoms with Gasteiger partial charge in [-0.1, -0.05) is 24.3 Å². The number of aromatic nitrogens is 2. The zero-order valence-electron chi connectivity index (χ0n) is 30.7. The molecule has 0 atom stereocenters. The average Bonchev–Trinajstić information content (AvgIpc) is 3.08. The first-order valence-corrected chi connectivity index (χ1v) is 16.7. The van der Waals surface area contributed by atoms with Crippen LogP contribution in [-0.2, 0) is 22.6 Å². The Labute approximate surface area is 310 Å². The van der Waals surface area contributed by atoms with E-state index in [2.05, 4.69) is 41.9 Å². The van der Waals surface area contributed by atoms with E-state index in [1.807, 2.05) is 0 Å². The first-order valence-electron chi connectivity index (χ1n) is 16.7. The molecule has 0 saturated heterocycles. The van der Waals surface area contributed by atoms with E-state index in [0.717, 1.165) is 0 Å². The zero-order chi connectivity index (χ0) is 40.1. The van der Waals surface area contributed by atoms with Gasteiger partial charge in [-0.3, -0.25) is 29.8 Å². The second-order valence-electron chi connectivity index (χ2n) is 13.5. The van der Waals surface area contributed by atoms with Crippen LogP contribution in [0.1, 0.15) is 73.6 Å². The summed E-state index contributed by atoms with van der Waals surface area (Å²) < 4.78 is 10.4. The van der Waals surface area contributed by atoms with Crippen molar-refractivity contribution in [3.05, 3.63) is 91.3 Å². The maximum Gasteiger partial charge on any atom is 0.407 e. The highest BCUT2D eigenvalue weighted by Crippen LogP contribution is 2.22. The topological polar surface area (TPSA) is 271 Å². The molecule has 0 spiro atoms. The number of ether oxygens (including phenoxy) is 2. The monoisotopic (exact) mass is 752 g/mol. The van der Waals surface area contributed by atoms with Gasteiger partial charge in [-0.2, -0.15) is 0 Å². The van der Waals surface area contributed by atoms with Gasteiger partial charge in [0.05, 0.1) is 9.85 Å². The van der Waals surface area contributed by atoms with Gasteiger partial charge in [0, 0.05) is 63.5 Å². The van der Waals surface area contributed by atoms with Gasteiger partial charge in [0.25, 0.3) is 23.2 Å². The van der Waals surface area contributed by atoms with Gasteiger partial charge in [0.1, 0.15) is 11.2 Å². The highest BCUT2D eigenvalue weighted by Gasteiger charge is 2.24. The highest BCUT2D eigenvalue weighted by atomic mass is 16.6. The minimum absolute atomic E-state index is 0.00269. The molecule has 3 rings (SSSR count). The molecule has 4 amide bonds. The number of non-ortho nitro benzene ring substituents is 2. The summed E-state index contributed by atoms with van der Waals surface area (Å²) in [5.74, 6) is -1.70. The fourth-order valence-electron chi connectivity index (χ4n) is 4.32. The van der Waals surface area contributed by atoms with Crippen molar-refractivity contribution in [1.82, 2.24) is 31.2 Å². The summed E-state index contributed by atoms with van der Waals surface area (Å²) in [5, 5.41) is 38.5. The number of carbonyl (C=O) groups excluding carboxylic acids is 4. The number of amides is 4. The molecule has 0 bridgehead atoms. The zero-order valence-corrected chi connectivity index (χ0v) is 30.7. The van der Waals surface area contributed by atoms with Crippen LogP contribution in [0.3, 0.4) is 0 Å². The molecule has 0 aliphatic heterocycles. The number of hydrogen-bond donors (Lipinski definition) is 6. The van der Waals surface area contributed by atoms with Crippen LogP contribution < -0.4 is 31.9 Å². The number of anilines is 2. The van der Waals surface area contributed by atoms with E-state index in [1.165, 1.54) is 48.5 Å². The van der Waals surface area contributed by atoms with Gasteiger partial charge in [-0.05, 0) is 52.7 Å². The van der Waals surface area contributed by atoms with E-state index in [0.29, 0.717) is 11.1 Å². The van der Waals surface area contributed by atoms with E-state index in [1.54, 1.807) is 41.5 Å². The third-order valence-corrected chi connectivity index (χ3v) is 6.70. The van der Waals surface area contributed by atoms with E-state index in [9.17, 15) is 39.4 Å². The number of benzene rings is 2. The Hall–Kier alpha value is -6.60. The van der Waals surface area contributed by atoms with E-state index >= 15 is 0 Å². The SMILES string of the molecule is CC(C)(C)OC(=O)NCCNC(=O)c1nc(NCc2ccc([N+](=O)[O-])cc2)c(C(=O)NCCNC(=O)OC(C)(C)C)nc1NCc1ccc([N+](=O)[O-])cc1. The van der Waals surface area contributed by atoms with Crippen molar-refractivity contribution in [3.8, 4) is 0 Å². The number of nitro groups is 2. The lowest BCUT2D eigenvalue weighted by Crippen LogP contribution is -2.39. The summed E-state index contributed by atoms with van der Waals surface area (Å²) in [6.45, 7) is 10.2. The van der Waals surface area contributed by atoms with Crippen LogP contribution in [0.2, 0.25) is 0 Å². The Morgan fingerprint density at radius 1 is 0.574 bits per heavy atom. The van der Waals surface area contributed by atoms with Gasteiger partial charge >= 0.3 is 12.2 Å². The molecule has 6 N–H and O–H groups in total. The first-order chi connectivity index (χ1) is 25.3. The van der Waals surface area contributed by atoms with Crippen LogP contribution in [0.25, 0.3) is 0 Å². The number of nitrogens with one attached hydrogen (secondary N) is 6. The molecule has 0 radical (unpaired) electrons. The van der Waals surface area contributed by atoms with Gasteiger partial charge in [-0.25, -0.2) is 19.6 Å². The molecule has 290 valence electrons. The lowest BCUT2D eigenvalue weighted by molar-refractivity contribution is -0.385. The number of alkyl carbamates (subject to hydrolysis) is 2. The van der Waals surface area contributed by atoms with Crippen molar-refractivity contribution in [2.45, 2.75) is 65.8 Å². The van der Waals surface area contributed by atoms with Crippen molar-refractivity contribution in [1.29, 1.82) is 0 Å². The summed E-state index contributed by atoms with van der Waals surface area (Å²) in [5.41, 5.74) is -1.04. The Morgan fingerprint density at radius 3 is 1.19 bits per heavy atom. The Morgan fingerprint density at radius 2 is 0.889 bits per heavy atom. The summed E-state index contributed by atoms with van der Waals surface area (Å²) >= 11 is 0. The van der Waals surface area contributed by atoms with Crippen LogP contribution in [-0.4, -0.2) is 81.2 Å². The summed E-state index contributed by atoms with van der Waals surface area (Å²) in [6, 6.07) is 11.3. The molecule has 0 aliphatic rings. The predicted molar refractivity (Wildman–Crippen MR) is 196 cm³/mol. The molecule has 20 heteroatoms. The van der Waals surface area contributed by atoms with Gasteiger partial charge < -0.3 is 41.4 Å². The number of nitro benzene ring substituents is 2. The van der Waals surface area contributed by atoms with Crippen molar-refractivity contribution >= 4 is 47.0 Å². The third-order valence-electron chi connectivity index (χ3n) is 6.70.